The van der Waals surface area contributed by atoms with Gasteiger partial charge in [0, 0.05) is 22.3 Å². The fraction of sp³-hybridized carbons (Fsp3) is 0.250. The zero-order chi connectivity index (χ0) is 13.3. The number of rotatable bonds is 4. The van der Waals surface area contributed by atoms with Crippen LogP contribution in [-0.4, -0.2) is 32.4 Å². The van der Waals surface area contributed by atoms with Crippen LogP contribution >= 0.6 is 11.6 Å². The average molecular weight is 270 g/mol. The van der Waals surface area contributed by atoms with E-state index in [1.165, 1.54) is 0 Å². The molecule has 1 heterocycles. The summed E-state index contributed by atoms with van der Waals surface area (Å²) in [5.41, 5.74) is 1.13. The van der Waals surface area contributed by atoms with Crippen molar-refractivity contribution >= 4 is 28.5 Å². The first kappa shape index (κ1) is 12.9. The fourth-order valence-corrected chi connectivity index (χ4v) is 2.09. The first-order chi connectivity index (χ1) is 8.49. The SMILES string of the molecule is O=C(O)CC(O)C(O)c1cc2cc[nH]c2cc1Cl. The maximum absolute atomic E-state index is 10.5. The van der Waals surface area contributed by atoms with E-state index in [-0.39, 0.29) is 5.02 Å². The van der Waals surface area contributed by atoms with Gasteiger partial charge in [-0.25, -0.2) is 0 Å². The van der Waals surface area contributed by atoms with Gasteiger partial charge in [0.1, 0.15) is 6.10 Å². The van der Waals surface area contributed by atoms with Gasteiger partial charge in [-0.2, -0.15) is 0 Å². The highest BCUT2D eigenvalue weighted by molar-refractivity contribution is 6.32. The maximum Gasteiger partial charge on any atom is 0.306 e. The number of nitrogens with one attached hydrogen (secondary N) is 1. The van der Waals surface area contributed by atoms with Crippen LogP contribution in [-0.2, 0) is 4.79 Å². The molecule has 0 amide bonds. The van der Waals surface area contributed by atoms with Crippen molar-refractivity contribution < 1.29 is 20.1 Å². The molecule has 0 bridgehead atoms. The van der Waals surface area contributed by atoms with Crippen LogP contribution in [0, 0.1) is 0 Å². The molecule has 0 spiro atoms. The van der Waals surface area contributed by atoms with Crippen molar-refractivity contribution in [3.63, 3.8) is 0 Å². The summed E-state index contributed by atoms with van der Waals surface area (Å²) in [6.45, 7) is 0. The predicted molar refractivity (Wildman–Crippen MR) is 66.5 cm³/mol. The number of carboxylic acid groups (broad SMARTS) is 1. The van der Waals surface area contributed by atoms with Gasteiger partial charge >= 0.3 is 5.97 Å². The molecule has 4 N–H and O–H groups in total. The van der Waals surface area contributed by atoms with Gasteiger partial charge < -0.3 is 20.3 Å². The predicted octanol–water partition coefficient (Wildman–Crippen LogP) is 1.69. The molecule has 6 heteroatoms. The Morgan fingerprint density at radius 3 is 2.78 bits per heavy atom. The average Bonchev–Trinajstić information content (AvgIpc) is 2.72. The number of fused-ring (bicyclic) bond motifs is 1. The van der Waals surface area contributed by atoms with Crippen molar-refractivity contribution in [3.05, 3.63) is 35.0 Å². The normalized spacial score (nSPS) is 14.6. The number of aliphatic carboxylic acids is 1. The summed E-state index contributed by atoms with van der Waals surface area (Å²) in [7, 11) is 0. The summed E-state index contributed by atoms with van der Waals surface area (Å²) >= 11 is 6.00. The second kappa shape index (κ2) is 4.97. The minimum absolute atomic E-state index is 0.280. The number of aromatic amines is 1. The summed E-state index contributed by atoms with van der Waals surface area (Å²) < 4.78 is 0. The molecule has 5 nitrogen and oxygen atoms in total. The Morgan fingerprint density at radius 2 is 2.11 bits per heavy atom. The van der Waals surface area contributed by atoms with E-state index in [9.17, 15) is 15.0 Å². The highest BCUT2D eigenvalue weighted by Gasteiger charge is 2.23. The summed E-state index contributed by atoms with van der Waals surface area (Å²) in [6, 6.07) is 5.05. The molecule has 0 fully saturated rings. The number of hydrogen-bond acceptors (Lipinski definition) is 3. The lowest BCUT2D eigenvalue weighted by atomic mass is 10.0. The molecule has 2 unspecified atom stereocenters. The first-order valence-corrected chi connectivity index (χ1v) is 5.71. The molecule has 0 aliphatic heterocycles. The van der Waals surface area contributed by atoms with Gasteiger partial charge in [-0.3, -0.25) is 4.79 Å². The Kier molecular flexibility index (Phi) is 3.56. The second-order valence-electron chi connectivity index (χ2n) is 4.05. The lowest BCUT2D eigenvalue weighted by Crippen LogP contribution is -2.22. The number of hydrogen-bond donors (Lipinski definition) is 4. The summed E-state index contributed by atoms with van der Waals surface area (Å²) in [5.74, 6) is -1.18. The van der Waals surface area contributed by atoms with Gasteiger partial charge in [0.2, 0.25) is 0 Å². The van der Waals surface area contributed by atoms with E-state index < -0.39 is 24.6 Å². The smallest absolute Gasteiger partial charge is 0.306 e. The molecule has 0 aliphatic carbocycles. The third-order valence-corrected chi connectivity index (χ3v) is 3.06. The monoisotopic (exact) mass is 269 g/mol. The van der Waals surface area contributed by atoms with Gasteiger partial charge in [-0.1, -0.05) is 11.6 Å². The third kappa shape index (κ3) is 2.48. The van der Waals surface area contributed by atoms with Crippen molar-refractivity contribution in [1.82, 2.24) is 4.98 Å². The molecule has 0 saturated carbocycles. The Labute approximate surface area is 108 Å². The Bertz CT molecular complexity index is 580. The Balaban J connectivity index is 2.34. The highest BCUT2D eigenvalue weighted by atomic mass is 35.5. The number of H-pyrrole nitrogens is 1. The summed E-state index contributed by atoms with van der Waals surface area (Å²) in [4.78, 5) is 13.5. The molecule has 2 aromatic rings. The number of carboxylic acids is 1. The lowest BCUT2D eigenvalue weighted by Gasteiger charge is -2.17. The fourth-order valence-electron chi connectivity index (χ4n) is 1.82. The number of benzene rings is 1. The van der Waals surface area contributed by atoms with E-state index in [0.29, 0.717) is 5.56 Å². The quantitative estimate of drug-likeness (QED) is 0.679. The highest BCUT2D eigenvalue weighted by Crippen LogP contribution is 2.30. The Hall–Kier alpha value is -1.56. The number of aromatic nitrogens is 1. The van der Waals surface area contributed by atoms with Gasteiger partial charge in [0.25, 0.3) is 0 Å². The molecule has 1 aromatic heterocycles. The molecule has 1 aromatic carbocycles. The zero-order valence-electron chi connectivity index (χ0n) is 9.30. The van der Waals surface area contributed by atoms with E-state index in [0.717, 1.165) is 10.9 Å². The molecule has 0 radical (unpaired) electrons. The lowest BCUT2D eigenvalue weighted by molar-refractivity contribution is -0.141. The topological polar surface area (TPSA) is 93.6 Å². The van der Waals surface area contributed by atoms with E-state index >= 15 is 0 Å². The van der Waals surface area contributed by atoms with Gasteiger partial charge in [-0.05, 0) is 23.6 Å². The van der Waals surface area contributed by atoms with Crippen molar-refractivity contribution in [2.75, 3.05) is 0 Å². The van der Waals surface area contributed by atoms with Gasteiger partial charge in [0.05, 0.1) is 12.5 Å². The molecular formula is C12H12ClNO4. The molecule has 0 aliphatic rings. The van der Waals surface area contributed by atoms with Crippen LogP contribution in [0.2, 0.25) is 5.02 Å². The summed E-state index contributed by atoms with van der Waals surface area (Å²) in [5, 5.41) is 29.2. The molecule has 96 valence electrons. The Morgan fingerprint density at radius 1 is 1.39 bits per heavy atom. The first-order valence-electron chi connectivity index (χ1n) is 5.33. The standard InChI is InChI=1S/C12H12ClNO4/c13-8-4-9-6(1-2-14-9)3-7(8)12(18)10(15)5-11(16)17/h1-4,10,12,14-15,18H,5H2,(H,16,17). The molecule has 18 heavy (non-hydrogen) atoms. The minimum atomic E-state index is -1.39. The second-order valence-corrected chi connectivity index (χ2v) is 4.46. The van der Waals surface area contributed by atoms with E-state index in [1.54, 1.807) is 24.4 Å². The molecule has 2 atom stereocenters. The molecule has 2 rings (SSSR count). The van der Waals surface area contributed by atoms with Gasteiger partial charge in [0.15, 0.2) is 0 Å². The van der Waals surface area contributed by atoms with Crippen LogP contribution in [0.5, 0.6) is 0 Å². The van der Waals surface area contributed by atoms with Crippen LogP contribution in [0.4, 0.5) is 0 Å². The number of halogens is 1. The van der Waals surface area contributed by atoms with E-state index in [2.05, 4.69) is 4.98 Å². The van der Waals surface area contributed by atoms with E-state index in [1.807, 2.05) is 0 Å². The van der Waals surface area contributed by atoms with Crippen molar-refractivity contribution in [2.45, 2.75) is 18.6 Å². The molecular weight excluding hydrogens is 258 g/mol. The van der Waals surface area contributed by atoms with Gasteiger partial charge in [-0.15, -0.1) is 0 Å². The van der Waals surface area contributed by atoms with Crippen molar-refractivity contribution in [3.8, 4) is 0 Å². The number of aliphatic hydroxyl groups excluding tert-OH is 2. The largest absolute Gasteiger partial charge is 0.481 e. The van der Waals surface area contributed by atoms with Crippen molar-refractivity contribution in [2.24, 2.45) is 0 Å². The van der Waals surface area contributed by atoms with Crippen LogP contribution in [0.1, 0.15) is 18.1 Å². The molecule has 0 saturated heterocycles. The zero-order valence-corrected chi connectivity index (χ0v) is 10.1. The minimum Gasteiger partial charge on any atom is -0.481 e. The van der Waals surface area contributed by atoms with Crippen LogP contribution in [0.25, 0.3) is 10.9 Å². The van der Waals surface area contributed by atoms with Crippen LogP contribution < -0.4 is 0 Å². The third-order valence-electron chi connectivity index (χ3n) is 2.74. The van der Waals surface area contributed by atoms with Crippen LogP contribution in [0.3, 0.4) is 0 Å². The summed E-state index contributed by atoms with van der Waals surface area (Å²) in [6.07, 6.45) is -1.53. The number of carbonyl (C=O) groups is 1. The van der Waals surface area contributed by atoms with Crippen LogP contribution in [0.15, 0.2) is 24.4 Å². The van der Waals surface area contributed by atoms with E-state index in [4.69, 9.17) is 16.7 Å². The number of aliphatic hydroxyl groups is 2. The van der Waals surface area contributed by atoms with Crippen molar-refractivity contribution in [1.29, 1.82) is 0 Å². The maximum atomic E-state index is 10.5.